The van der Waals surface area contributed by atoms with E-state index in [9.17, 15) is 19.5 Å². The second-order valence-electron chi connectivity index (χ2n) is 12.7. The third-order valence-corrected chi connectivity index (χ3v) is 7.46. The molecule has 0 spiro atoms. The van der Waals surface area contributed by atoms with Gasteiger partial charge in [0.05, 0.1) is 34.4 Å². The third-order valence-electron chi connectivity index (χ3n) is 7.46. The lowest BCUT2D eigenvalue weighted by Crippen LogP contribution is -2.50. The number of aliphatic carboxylic acids is 1. The van der Waals surface area contributed by atoms with Crippen LogP contribution in [0.2, 0.25) is 0 Å². The van der Waals surface area contributed by atoms with Crippen LogP contribution in [0.1, 0.15) is 123 Å². The van der Waals surface area contributed by atoms with Crippen LogP contribution < -0.4 is 0 Å². The van der Waals surface area contributed by atoms with Crippen LogP contribution >= 0.6 is 0 Å². The molecule has 2 unspecified atom stereocenters. The van der Waals surface area contributed by atoms with Crippen LogP contribution in [0.25, 0.3) is 0 Å². The van der Waals surface area contributed by atoms with Gasteiger partial charge in [0.1, 0.15) is 6.61 Å². The average molecular weight is 649 g/mol. The van der Waals surface area contributed by atoms with E-state index in [1.165, 1.54) is 25.7 Å². The van der Waals surface area contributed by atoms with Crippen LogP contribution in [0.15, 0.2) is 48.6 Å². The molecule has 0 aromatic heterocycles. The van der Waals surface area contributed by atoms with E-state index < -0.39 is 18.1 Å². The van der Waals surface area contributed by atoms with Gasteiger partial charge in [0, 0.05) is 19.3 Å². The highest BCUT2D eigenvalue weighted by Crippen LogP contribution is 2.11. The first-order valence-electron chi connectivity index (χ1n) is 17.7. The number of unbranched alkanes of at least 4 members (excludes halogenated alkanes) is 8. The molecular weight excluding hydrogens is 582 g/mol. The smallest absolute Gasteiger partial charge is 0.362 e. The Balaban J connectivity index is 4.57. The number of carboxylic acids is 1. The molecule has 264 valence electrons. The molecule has 0 amide bonds. The molecule has 2 atom stereocenters. The predicted octanol–water partition coefficient (Wildman–Crippen LogP) is 8.51. The number of carbonyl (C=O) groups excluding carboxylic acids is 2. The van der Waals surface area contributed by atoms with Gasteiger partial charge >= 0.3 is 17.9 Å². The lowest BCUT2D eigenvalue weighted by molar-refractivity contribution is -0.887. The molecule has 0 aromatic rings. The standard InChI is InChI=1S/C38H65NO7/c1-6-8-10-12-14-16-18-20-22-24-26-28-36(40)45-33-34(32-44-31-30-35(38(42)43)39(3,4)5)46-37(41)29-27-25-23-21-19-17-15-13-11-9-7-2/h9,11-12,14-15,17,21,23,34-35H,6-8,10,13,16,18-20,22,24-33H2,1-5H3/p+1/b11-9+,14-12+,17-15+,23-21+. The molecule has 8 nitrogen and oxygen atoms in total. The lowest BCUT2D eigenvalue weighted by atomic mass is 10.1. The molecule has 0 rings (SSSR count). The van der Waals surface area contributed by atoms with E-state index in [4.69, 9.17) is 14.2 Å². The maximum atomic E-state index is 12.6. The SMILES string of the molecule is CC/C=C/C/C=C/C/C=C/CCCC(=O)OC(COCCC(C(=O)O)[N+](C)(C)C)COC(=O)CCCCCCC/C=C/CCCC. The van der Waals surface area contributed by atoms with Gasteiger partial charge < -0.3 is 23.8 Å². The van der Waals surface area contributed by atoms with Gasteiger partial charge in [0.15, 0.2) is 12.1 Å². The molecule has 8 heteroatoms. The maximum absolute atomic E-state index is 12.6. The Morgan fingerprint density at radius 3 is 1.89 bits per heavy atom. The molecule has 0 aliphatic carbocycles. The van der Waals surface area contributed by atoms with E-state index in [0.29, 0.717) is 19.3 Å². The minimum Gasteiger partial charge on any atom is -0.477 e. The van der Waals surface area contributed by atoms with Crippen molar-refractivity contribution in [2.24, 2.45) is 0 Å². The van der Waals surface area contributed by atoms with Crippen LogP contribution in [-0.2, 0) is 28.6 Å². The van der Waals surface area contributed by atoms with Gasteiger partial charge in [-0.25, -0.2) is 4.79 Å². The summed E-state index contributed by atoms with van der Waals surface area (Å²) in [7, 11) is 5.48. The first kappa shape index (κ1) is 43.3. The number of likely N-dealkylation sites (N-methyl/N-ethyl adjacent to an activating group) is 1. The molecule has 0 saturated heterocycles. The summed E-state index contributed by atoms with van der Waals surface area (Å²) in [5.41, 5.74) is 0. The van der Waals surface area contributed by atoms with E-state index in [1.807, 2.05) is 21.1 Å². The fourth-order valence-corrected chi connectivity index (χ4v) is 4.68. The Morgan fingerprint density at radius 2 is 1.24 bits per heavy atom. The fourth-order valence-electron chi connectivity index (χ4n) is 4.68. The molecule has 0 aromatic carbocycles. The van der Waals surface area contributed by atoms with Crippen LogP contribution in [0.5, 0.6) is 0 Å². The minimum absolute atomic E-state index is 0.0368. The summed E-state index contributed by atoms with van der Waals surface area (Å²) in [6.07, 6.45) is 31.7. The molecule has 0 aliphatic rings. The number of esters is 2. The largest absolute Gasteiger partial charge is 0.477 e. The summed E-state index contributed by atoms with van der Waals surface area (Å²) in [6.45, 7) is 4.47. The Morgan fingerprint density at radius 1 is 0.674 bits per heavy atom. The molecular formula is C38H66NO7+. The van der Waals surface area contributed by atoms with Crippen molar-refractivity contribution in [3.05, 3.63) is 48.6 Å². The molecule has 0 bridgehead atoms. The quantitative estimate of drug-likeness (QED) is 0.0361. The molecule has 0 saturated carbocycles. The van der Waals surface area contributed by atoms with Crippen LogP contribution in [-0.4, -0.2) is 80.6 Å². The maximum Gasteiger partial charge on any atom is 0.362 e. The topological polar surface area (TPSA) is 99.1 Å². The van der Waals surface area contributed by atoms with Crippen molar-refractivity contribution in [1.82, 2.24) is 0 Å². The summed E-state index contributed by atoms with van der Waals surface area (Å²) >= 11 is 0. The molecule has 1 N–H and O–H groups in total. The van der Waals surface area contributed by atoms with E-state index in [-0.39, 0.29) is 42.7 Å². The van der Waals surface area contributed by atoms with Crippen molar-refractivity contribution in [1.29, 1.82) is 0 Å². The van der Waals surface area contributed by atoms with Gasteiger partial charge in [-0.3, -0.25) is 9.59 Å². The second-order valence-corrected chi connectivity index (χ2v) is 12.7. The van der Waals surface area contributed by atoms with Crippen molar-refractivity contribution in [2.75, 3.05) is 41.0 Å². The van der Waals surface area contributed by atoms with E-state index in [1.54, 1.807) is 0 Å². The third kappa shape index (κ3) is 27.6. The van der Waals surface area contributed by atoms with Crippen LogP contribution in [0, 0.1) is 0 Å². The fraction of sp³-hybridized carbons (Fsp3) is 0.711. The van der Waals surface area contributed by atoms with Gasteiger partial charge in [0.25, 0.3) is 0 Å². The molecule has 0 radical (unpaired) electrons. The van der Waals surface area contributed by atoms with Crippen molar-refractivity contribution < 1.29 is 38.2 Å². The Labute approximate surface area is 280 Å². The van der Waals surface area contributed by atoms with Crippen molar-refractivity contribution in [3.8, 4) is 0 Å². The van der Waals surface area contributed by atoms with Gasteiger partial charge in [-0.05, 0) is 57.8 Å². The summed E-state index contributed by atoms with van der Waals surface area (Å²) < 4.78 is 17.1. The highest BCUT2D eigenvalue weighted by Gasteiger charge is 2.31. The van der Waals surface area contributed by atoms with E-state index in [2.05, 4.69) is 62.5 Å². The lowest BCUT2D eigenvalue weighted by Gasteiger charge is -2.31. The monoisotopic (exact) mass is 648 g/mol. The predicted molar refractivity (Wildman–Crippen MR) is 188 cm³/mol. The van der Waals surface area contributed by atoms with Crippen molar-refractivity contribution in [2.45, 2.75) is 135 Å². The molecule has 46 heavy (non-hydrogen) atoms. The summed E-state index contributed by atoms with van der Waals surface area (Å²) in [4.78, 5) is 36.6. The first-order valence-corrected chi connectivity index (χ1v) is 17.7. The normalized spacial score (nSPS) is 13.7. The summed E-state index contributed by atoms with van der Waals surface area (Å²) in [5.74, 6) is -1.56. The van der Waals surface area contributed by atoms with Crippen LogP contribution in [0.4, 0.5) is 0 Å². The highest BCUT2D eigenvalue weighted by atomic mass is 16.6. The van der Waals surface area contributed by atoms with Gasteiger partial charge in [-0.1, -0.05) is 94.6 Å². The summed E-state index contributed by atoms with van der Waals surface area (Å²) in [6, 6.07) is -0.623. The number of quaternary nitrogens is 1. The first-order chi connectivity index (χ1) is 22.1. The Hall–Kier alpha value is -2.71. The summed E-state index contributed by atoms with van der Waals surface area (Å²) in [5, 5.41) is 9.55. The van der Waals surface area contributed by atoms with Crippen molar-refractivity contribution >= 4 is 17.9 Å². The number of rotatable bonds is 30. The second kappa shape index (κ2) is 29.7. The zero-order valence-electron chi connectivity index (χ0n) is 29.8. The highest BCUT2D eigenvalue weighted by molar-refractivity contribution is 5.72. The number of ether oxygens (including phenoxy) is 3. The molecule has 0 heterocycles. The zero-order chi connectivity index (χ0) is 34.3. The van der Waals surface area contributed by atoms with Crippen molar-refractivity contribution in [3.63, 3.8) is 0 Å². The number of hydrogen-bond acceptors (Lipinski definition) is 6. The number of nitrogens with zero attached hydrogens (tertiary/aromatic N) is 1. The Bertz CT molecular complexity index is 901. The molecule has 0 fully saturated rings. The van der Waals surface area contributed by atoms with E-state index >= 15 is 0 Å². The number of hydrogen-bond donors (Lipinski definition) is 1. The van der Waals surface area contributed by atoms with E-state index in [0.717, 1.165) is 57.8 Å². The zero-order valence-corrected chi connectivity index (χ0v) is 29.8. The minimum atomic E-state index is -0.888. The number of carboxylic acid groups (broad SMARTS) is 1. The van der Waals surface area contributed by atoms with Gasteiger partial charge in [0.2, 0.25) is 0 Å². The van der Waals surface area contributed by atoms with Gasteiger partial charge in [-0.15, -0.1) is 0 Å². The average Bonchev–Trinajstić information content (AvgIpc) is 3.00. The van der Waals surface area contributed by atoms with Crippen LogP contribution in [0.3, 0.4) is 0 Å². The molecule has 0 aliphatic heterocycles. The number of carbonyl (C=O) groups is 3. The number of allylic oxidation sites excluding steroid dienone is 8. The van der Waals surface area contributed by atoms with Gasteiger partial charge in [-0.2, -0.15) is 0 Å². The Kier molecular flexibility index (Phi) is 27.9.